The smallest absolute Gasteiger partial charge is 0.260 e. The molecule has 34 heavy (non-hydrogen) atoms. The van der Waals surface area contributed by atoms with Crippen LogP contribution in [0.1, 0.15) is 44.6 Å². The zero-order valence-electron chi connectivity index (χ0n) is 19.8. The fourth-order valence-corrected chi connectivity index (χ4v) is 4.17. The number of nitrogens with one attached hydrogen (secondary N) is 3. The Bertz CT molecular complexity index is 917. The summed E-state index contributed by atoms with van der Waals surface area (Å²) < 4.78 is 5.58. The van der Waals surface area contributed by atoms with Crippen LogP contribution in [0.25, 0.3) is 0 Å². The molecule has 0 saturated carbocycles. The summed E-state index contributed by atoms with van der Waals surface area (Å²) >= 11 is 0. The Morgan fingerprint density at radius 2 is 2.00 bits per heavy atom. The number of aldehydes is 1. The summed E-state index contributed by atoms with van der Waals surface area (Å²) in [6.07, 6.45) is 8.35. The predicted molar refractivity (Wildman–Crippen MR) is 132 cm³/mol. The van der Waals surface area contributed by atoms with Crippen molar-refractivity contribution in [2.75, 3.05) is 26.2 Å². The molecule has 182 valence electrons. The number of para-hydroxylation sites is 1. The number of hydrogen-bond acceptors (Lipinski definition) is 5. The summed E-state index contributed by atoms with van der Waals surface area (Å²) in [5, 5.41) is 14.7. The molecule has 3 N–H and O–H groups in total. The molecule has 2 heterocycles. The van der Waals surface area contributed by atoms with Crippen LogP contribution < -0.4 is 15.4 Å². The van der Waals surface area contributed by atoms with Gasteiger partial charge in [-0.3, -0.25) is 15.2 Å². The van der Waals surface area contributed by atoms with E-state index >= 15 is 0 Å². The number of benzene rings is 1. The summed E-state index contributed by atoms with van der Waals surface area (Å²) in [5.41, 5.74) is -0.211. The molecule has 1 saturated heterocycles. The van der Waals surface area contributed by atoms with E-state index in [0.29, 0.717) is 37.7 Å². The third-order valence-corrected chi connectivity index (χ3v) is 6.29. The van der Waals surface area contributed by atoms with Gasteiger partial charge >= 0.3 is 0 Å². The summed E-state index contributed by atoms with van der Waals surface area (Å²) in [6, 6.07) is 13.0. The van der Waals surface area contributed by atoms with Gasteiger partial charge in [0.1, 0.15) is 17.6 Å². The van der Waals surface area contributed by atoms with E-state index in [1.807, 2.05) is 41.3 Å². The molecule has 0 radical (unpaired) electrons. The number of hydrogen-bond donors (Lipinski definition) is 3. The Balaban J connectivity index is 1.45. The fourth-order valence-electron chi connectivity index (χ4n) is 4.17. The number of nitrogens with zero attached hydrogens (tertiary/aromatic N) is 2. The molecule has 8 heteroatoms. The number of guanidine groups is 1. The molecule has 1 aliphatic rings. The lowest BCUT2D eigenvalue weighted by Crippen LogP contribution is -2.52. The lowest BCUT2D eigenvalue weighted by molar-refractivity contribution is -0.134. The third-order valence-electron chi connectivity index (χ3n) is 6.29. The van der Waals surface area contributed by atoms with Gasteiger partial charge in [-0.15, -0.1) is 0 Å². The van der Waals surface area contributed by atoms with Gasteiger partial charge in [-0.2, -0.15) is 0 Å². The number of pyridine rings is 1. The van der Waals surface area contributed by atoms with Crippen molar-refractivity contribution in [1.29, 1.82) is 5.41 Å². The molecule has 1 aliphatic heterocycles. The van der Waals surface area contributed by atoms with Gasteiger partial charge in [0.15, 0.2) is 12.6 Å². The van der Waals surface area contributed by atoms with Gasteiger partial charge in [0.25, 0.3) is 5.91 Å². The number of carbonyl (C=O) groups excluding carboxylic acids is 2. The van der Waals surface area contributed by atoms with Crippen molar-refractivity contribution in [2.24, 2.45) is 5.92 Å². The van der Waals surface area contributed by atoms with E-state index in [1.54, 1.807) is 18.5 Å². The van der Waals surface area contributed by atoms with Gasteiger partial charge in [0.2, 0.25) is 0 Å². The molecule has 0 aliphatic carbocycles. The topological polar surface area (TPSA) is 107 Å². The SMILES string of the molecule is CCCCC(C=O)(NC(=N)NCC1CCN(C(=O)COc2ccccc2)CC1)c1cccnc1. The number of amides is 1. The molecule has 0 bridgehead atoms. The maximum atomic E-state index is 12.5. The van der Waals surface area contributed by atoms with Gasteiger partial charge in [0.05, 0.1) is 0 Å². The Labute approximate surface area is 201 Å². The number of aromatic nitrogens is 1. The van der Waals surface area contributed by atoms with E-state index in [2.05, 4.69) is 22.5 Å². The molecule has 1 amide bonds. The number of piperidine rings is 1. The van der Waals surface area contributed by atoms with Crippen molar-refractivity contribution in [2.45, 2.75) is 44.6 Å². The Hall–Kier alpha value is -3.42. The standard InChI is InChI=1S/C26H35N5O3/c1-2-3-13-26(20-32,22-8-7-14-28-18-22)30-25(27)29-17-21-11-15-31(16-12-21)24(33)19-34-23-9-5-4-6-10-23/h4-10,14,18,20-21H,2-3,11-13,15-17,19H2,1H3,(H3,27,29,30). The first-order chi connectivity index (χ1) is 16.6. The van der Waals surface area contributed by atoms with E-state index in [9.17, 15) is 9.59 Å². The lowest BCUT2D eigenvalue weighted by atomic mass is 9.87. The van der Waals surface area contributed by atoms with Crippen LogP contribution in [0.5, 0.6) is 5.75 Å². The van der Waals surface area contributed by atoms with Gasteiger partial charge in [-0.25, -0.2) is 0 Å². The van der Waals surface area contributed by atoms with Crippen LogP contribution in [-0.2, 0) is 15.1 Å². The predicted octanol–water partition coefficient (Wildman–Crippen LogP) is 3.10. The van der Waals surface area contributed by atoms with Crippen LogP contribution in [0.2, 0.25) is 0 Å². The molecule has 1 atom stereocenters. The molecule has 3 rings (SSSR count). The van der Waals surface area contributed by atoms with Gasteiger partial charge in [-0.05, 0) is 43.4 Å². The number of unbranched alkanes of at least 4 members (excludes halogenated alkanes) is 1. The van der Waals surface area contributed by atoms with Crippen molar-refractivity contribution < 1.29 is 14.3 Å². The average molecular weight is 466 g/mol. The van der Waals surface area contributed by atoms with Crippen LogP contribution in [0.3, 0.4) is 0 Å². The van der Waals surface area contributed by atoms with Gasteiger partial charge in [0, 0.05) is 37.6 Å². The molecule has 1 aromatic carbocycles. The van der Waals surface area contributed by atoms with Crippen molar-refractivity contribution >= 4 is 18.2 Å². The maximum Gasteiger partial charge on any atom is 0.260 e. The van der Waals surface area contributed by atoms with Crippen LogP contribution >= 0.6 is 0 Å². The monoisotopic (exact) mass is 465 g/mol. The molecule has 1 fully saturated rings. The molecule has 8 nitrogen and oxygen atoms in total. The first-order valence-corrected chi connectivity index (χ1v) is 12.0. The van der Waals surface area contributed by atoms with Gasteiger partial charge < -0.3 is 25.1 Å². The molecule has 1 aromatic heterocycles. The van der Waals surface area contributed by atoms with Gasteiger partial charge in [-0.1, -0.05) is 44.0 Å². The minimum absolute atomic E-state index is 0.00664. The third kappa shape index (κ3) is 7.04. The molecular weight excluding hydrogens is 430 g/mol. The van der Waals surface area contributed by atoms with E-state index in [1.165, 1.54) is 0 Å². The first kappa shape index (κ1) is 25.2. The Morgan fingerprint density at radius 3 is 2.65 bits per heavy atom. The van der Waals surface area contributed by atoms with Crippen molar-refractivity contribution in [1.82, 2.24) is 20.5 Å². The zero-order chi connectivity index (χ0) is 24.2. The highest BCUT2D eigenvalue weighted by atomic mass is 16.5. The van der Waals surface area contributed by atoms with E-state index < -0.39 is 5.54 Å². The van der Waals surface area contributed by atoms with Crippen molar-refractivity contribution in [3.63, 3.8) is 0 Å². The molecule has 1 unspecified atom stereocenters. The number of carbonyl (C=O) groups is 2. The van der Waals surface area contributed by atoms with Crippen LogP contribution in [0, 0.1) is 11.3 Å². The highest BCUT2D eigenvalue weighted by molar-refractivity contribution is 5.83. The van der Waals surface area contributed by atoms with E-state index in [0.717, 1.165) is 37.5 Å². The summed E-state index contributed by atoms with van der Waals surface area (Å²) in [6.45, 7) is 4.09. The summed E-state index contributed by atoms with van der Waals surface area (Å²) in [7, 11) is 0. The second-order valence-electron chi connectivity index (χ2n) is 8.74. The Kier molecular flexibility index (Phi) is 9.43. The largest absolute Gasteiger partial charge is 0.484 e. The minimum atomic E-state index is -0.969. The quantitative estimate of drug-likeness (QED) is 0.267. The highest BCUT2D eigenvalue weighted by Crippen LogP contribution is 2.25. The molecule has 2 aromatic rings. The summed E-state index contributed by atoms with van der Waals surface area (Å²) in [4.78, 5) is 30.6. The van der Waals surface area contributed by atoms with Crippen LogP contribution in [0.15, 0.2) is 54.9 Å². The van der Waals surface area contributed by atoms with E-state index in [-0.39, 0.29) is 18.5 Å². The minimum Gasteiger partial charge on any atom is -0.484 e. The summed E-state index contributed by atoms with van der Waals surface area (Å²) in [5.74, 6) is 1.16. The lowest BCUT2D eigenvalue weighted by Gasteiger charge is -2.34. The van der Waals surface area contributed by atoms with Crippen LogP contribution in [0.4, 0.5) is 0 Å². The molecular formula is C26H35N5O3. The van der Waals surface area contributed by atoms with E-state index in [4.69, 9.17) is 10.1 Å². The second-order valence-corrected chi connectivity index (χ2v) is 8.74. The maximum absolute atomic E-state index is 12.5. The fraction of sp³-hybridized carbons (Fsp3) is 0.462. The number of rotatable bonds is 11. The second kappa shape index (κ2) is 12.7. The number of ether oxygens (including phenoxy) is 1. The molecule has 0 spiro atoms. The van der Waals surface area contributed by atoms with Crippen LogP contribution in [-0.4, -0.2) is 54.3 Å². The van der Waals surface area contributed by atoms with Crippen molar-refractivity contribution in [3.8, 4) is 5.75 Å². The highest BCUT2D eigenvalue weighted by Gasteiger charge is 2.33. The normalized spacial score (nSPS) is 15.7. The van der Waals surface area contributed by atoms with Crippen molar-refractivity contribution in [3.05, 3.63) is 60.4 Å². The first-order valence-electron chi connectivity index (χ1n) is 12.0. The Morgan fingerprint density at radius 1 is 1.24 bits per heavy atom. The average Bonchev–Trinajstić information content (AvgIpc) is 2.90. The zero-order valence-corrected chi connectivity index (χ0v) is 19.8. The number of likely N-dealkylation sites (tertiary alicyclic amines) is 1.